The predicted molar refractivity (Wildman–Crippen MR) is 67.3 cm³/mol. The van der Waals surface area contributed by atoms with Crippen LogP contribution in [0, 0.1) is 5.82 Å². The third-order valence-corrected chi connectivity index (χ3v) is 2.95. The van der Waals surface area contributed by atoms with E-state index in [0.29, 0.717) is 23.2 Å². The Hall–Kier alpha value is -1.14. The minimum Gasteiger partial charge on any atom is -0.396 e. The first-order valence-corrected chi connectivity index (χ1v) is 5.75. The highest BCUT2D eigenvalue weighted by Gasteiger charge is 2.16. The molecule has 0 saturated heterocycles. The van der Waals surface area contributed by atoms with Gasteiger partial charge in [-0.15, -0.1) is 0 Å². The van der Waals surface area contributed by atoms with E-state index in [1.54, 1.807) is 14.2 Å². The Morgan fingerprint density at radius 3 is 2.82 bits per heavy atom. The molecule has 17 heavy (non-hydrogen) atoms. The summed E-state index contributed by atoms with van der Waals surface area (Å²) < 4.78 is 18.4. The molecular weight excluding hydrogens is 291 g/mol. The van der Waals surface area contributed by atoms with Gasteiger partial charge in [-0.3, -0.25) is 4.79 Å². The molecule has 6 heteroatoms. The van der Waals surface area contributed by atoms with Crippen molar-refractivity contribution in [1.82, 2.24) is 4.90 Å². The smallest absolute Gasteiger partial charge is 0.254 e. The van der Waals surface area contributed by atoms with E-state index in [0.717, 1.165) is 0 Å². The number of hydrogen-bond acceptors (Lipinski definition) is 3. The zero-order chi connectivity index (χ0) is 13.0. The molecule has 0 radical (unpaired) electrons. The van der Waals surface area contributed by atoms with E-state index in [1.807, 2.05) is 0 Å². The lowest BCUT2D eigenvalue weighted by Crippen LogP contribution is -2.30. The number of carbonyl (C=O) groups is 1. The molecule has 0 aliphatic carbocycles. The van der Waals surface area contributed by atoms with E-state index in [-0.39, 0.29) is 11.6 Å². The van der Waals surface area contributed by atoms with Crippen molar-refractivity contribution in [3.8, 4) is 0 Å². The number of amides is 1. The van der Waals surface area contributed by atoms with Crippen LogP contribution in [0.3, 0.4) is 0 Å². The van der Waals surface area contributed by atoms with Crippen LogP contribution in [0.5, 0.6) is 0 Å². The van der Waals surface area contributed by atoms with Gasteiger partial charge in [0.05, 0.1) is 17.9 Å². The highest BCUT2D eigenvalue weighted by molar-refractivity contribution is 9.10. The number of nitrogen functional groups attached to an aromatic ring is 1. The van der Waals surface area contributed by atoms with Gasteiger partial charge in [0.2, 0.25) is 0 Å². The summed E-state index contributed by atoms with van der Waals surface area (Å²) in [6.07, 6.45) is 0. The Bertz CT molecular complexity index is 426. The highest BCUT2D eigenvalue weighted by atomic mass is 79.9. The van der Waals surface area contributed by atoms with Gasteiger partial charge >= 0.3 is 0 Å². The van der Waals surface area contributed by atoms with Crippen molar-refractivity contribution in [2.24, 2.45) is 0 Å². The molecule has 1 rings (SSSR count). The average Bonchev–Trinajstić information content (AvgIpc) is 2.29. The SMILES string of the molecule is COCCN(C)C(=O)c1cc(N)c(F)cc1Br. The summed E-state index contributed by atoms with van der Waals surface area (Å²) in [6.45, 7) is 0.898. The summed E-state index contributed by atoms with van der Waals surface area (Å²) in [4.78, 5) is 13.5. The first-order chi connectivity index (χ1) is 7.97. The monoisotopic (exact) mass is 304 g/mol. The molecule has 2 N–H and O–H groups in total. The molecule has 0 aliphatic rings. The van der Waals surface area contributed by atoms with E-state index in [9.17, 15) is 9.18 Å². The van der Waals surface area contributed by atoms with Crippen molar-refractivity contribution in [2.45, 2.75) is 0 Å². The molecule has 0 unspecified atom stereocenters. The molecule has 94 valence electrons. The predicted octanol–water partition coefficient (Wildman–Crippen LogP) is 1.89. The van der Waals surface area contributed by atoms with Gasteiger partial charge in [0.1, 0.15) is 5.82 Å². The summed E-state index contributed by atoms with van der Waals surface area (Å²) in [6, 6.07) is 2.51. The van der Waals surface area contributed by atoms with Crippen LogP contribution in [-0.4, -0.2) is 38.1 Å². The number of rotatable bonds is 4. The van der Waals surface area contributed by atoms with E-state index in [1.165, 1.54) is 17.0 Å². The molecule has 0 aromatic heterocycles. The summed E-state index contributed by atoms with van der Waals surface area (Å²) in [5, 5.41) is 0. The molecule has 1 aromatic carbocycles. The quantitative estimate of drug-likeness (QED) is 0.864. The fourth-order valence-corrected chi connectivity index (χ4v) is 1.75. The normalized spacial score (nSPS) is 10.4. The van der Waals surface area contributed by atoms with Gasteiger partial charge in [-0.05, 0) is 28.1 Å². The van der Waals surface area contributed by atoms with Crippen LogP contribution in [0.25, 0.3) is 0 Å². The minimum atomic E-state index is -0.548. The van der Waals surface area contributed by atoms with Crippen molar-refractivity contribution in [3.05, 3.63) is 28.0 Å². The molecule has 1 aromatic rings. The molecule has 0 heterocycles. The number of halogens is 2. The molecular formula is C11H14BrFN2O2. The maximum atomic E-state index is 13.1. The second kappa shape index (κ2) is 5.97. The number of anilines is 1. The Labute approximate surface area is 108 Å². The molecule has 1 amide bonds. The number of methoxy groups -OCH3 is 1. The van der Waals surface area contributed by atoms with Crippen LogP contribution in [0.15, 0.2) is 16.6 Å². The number of benzene rings is 1. The summed E-state index contributed by atoms with van der Waals surface area (Å²) in [7, 11) is 3.21. The number of nitrogens with zero attached hydrogens (tertiary/aromatic N) is 1. The summed E-state index contributed by atoms with van der Waals surface area (Å²) in [5.41, 5.74) is 5.73. The van der Waals surface area contributed by atoms with Gasteiger partial charge in [-0.1, -0.05) is 0 Å². The number of ether oxygens (including phenoxy) is 1. The molecule has 0 spiro atoms. The Morgan fingerprint density at radius 1 is 1.59 bits per heavy atom. The molecule has 0 saturated carbocycles. The fourth-order valence-electron chi connectivity index (χ4n) is 1.27. The molecule has 0 atom stereocenters. The van der Waals surface area contributed by atoms with Crippen LogP contribution in [0.1, 0.15) is 10.4 Å². The van der Waals surface area contributed by atoms with Crippen molar-refractivity contribution >= 4 is 27.5 Å². The fraction of sp³-hybridized carbons (Fsp3) is 0.364. The third kappa shape index (κ3) is 3.41. The molecule has 4 nitrogen and oxygen atoms in total. The van der Waals surface area contributed by atoms with Crippen molar-refractivity contribution in [2.75, 3.05) is 33.0 Å². The number of carbonyl (C=O) groups excluding carboxylic acids is 1. The average molecular weight is 305 g/mol. The van der Waals surface area contributed by atoms with Crippen LogP contribution >= 0.6 is 15.9 Å². The number of hydrogen-bond donors (Lipinski definition) is 1. The van der Waals surface area contributed by atoms with Gasteiger partial charge in [0.25, 0.3) is 5.91 Å². The Balaban J connectivity index is 2.92. The van der Waals surface area contributed by atoms with Crippen molar-refractivity contribution in [3.63, 3.8) is 0 Å². The third-order valence-electron chi connectivity index (χ3n) is 2.29. The topological polar surface area (TPSA) is 55.6 Å². The largest absolute Gasteiger partial charge is 0.396 e. The Morgan fingerprint density at radius 2 is 2.24 bits per heavy atom. The van der Waals surface area contributed by atoms with Crippen LogP contribution in [-0.2, 0) is 4.74 Å². The number of likely N-dealkylation sites (N-methyl/N-ethyl adjacent to an activating group) is 1. The first kappa shape index (κ1) is 13.9. The maximum Gasteiger partial charge on any atom is 0.254 e. The van der Waals surface area contributed by atoms with E-state index in [4.69, 9.17) is 10.5 Å². The molecule has 0 aliphatic heterocycles. The van der Waals surface area contributed by atoms with Gasteiger partial charge in [0, 0.05) is 25.2 Å². The summed E-state index contributed by atoms with van der Waals surface area (Å²) >= 11 is 3.14. The van der Waals surface area contributed by atoms with Gasteiger partial charge in [-0.2, -0.15) is 0 Å². The zero-order valence-corrected chi connectivity index (χ0v) is 11.3. The maximum absolute atomic E-state index is 13.1. The lowest BCUT2D eigenvalue weighted by atomic mass is 10.1. The standard InChI is InChI=1S/C11H14BrFN2O2/c1-15(3-4-17-2)11(16)7-5-10(14)9(13)6-8(7)12/h5-6H,3-4,14H2,1-2H3. The van der Waals surface area contributed by atoms with Crippen LogP contribution in [0.4, 0.5) is 10.1 Å². The summed E-state index contributed by atoms with van der Waals surface area (Å²) in [5.74, 6) is -0.784. The van der Waals surface area contributed by atoms with E-state index in [2.05, 4.69) is 15.9 Å². The lowest BCUT2D eigenvalue weighted by molar-refractivity contribution is 0.0743. The first-order valence-electron chi connectivity index (χ1n) is 4.96. The second-order valence-corrected chi connectivity index (χ2v) is 4.43. The lowest BCUT2D eigenvalue weighted by Gasteiger charge is -2.17. The highest BCUT2D eigenvalue weighted by Crippen LogP contribution is 2.23. The second-order valence-electron chi connectivity index (χ2n) is 3.57. The van der Waals surface area contributed by atoms with Crippen molar-refractivity contribution < 1.29 is 13.9 Å². The Kier molecular flexibility index (Phi) is 4.89. The minimum absolute atomic E-state index is 0.0447. The van der Waals surface area contributed by atoms with E-state index >= 15 is 0 Å². The zero-order valence-electron chi connectivity index (χ0n) is 9.67. The van der Waals surface area contributed by atoms with Crippen molar-refractivity contribution in [1.29, 1.82) is 0 Å². The van der Waals surface area contributed by atoms with Gasteiger partial charge < -0.3 is 15.4 Å². The number of nitrogens with two attached hydrogens (primary N) is 1. The van der Waals surface area contributed by atoms with E-state index < -0.39 is 5.82 Å². The molecule has 0 fully saturated rings. The van der Waals surface area contributed by atoms with Crippen LogP contribution < -0.4 is 5.73 Å². The van der Waals surface area contributed by atoms with Crippen LogP contribution in [0.2, 0.25) is 0 Å². The van der Waals surface area contributed by atoms with Gasteiger partial charge in [0.15, 0.2) is 0 Å². The molecule has 0 bridgehead atoms. The van der Waals surface area contributed by atoms with Gasteiger partial charge in [-0.25, -0.2) is 4.39 Å².